The maximum absolute atomic E-state index is 6.13. The highest BCUT2D eigenvalue weighted by atomic mass is 79.9. The molecule has 21 heavy (non-hydrogen) atoms. The van der Waals surface area contributed by atoms with Crippen LogP contribution in [0.2, 0.25) is 0 Å². The average molecular weight is 353 g/mol. The highest BCUT2D eigenvalue weighted by Gasteiger charge is 2.38. The smallest absolute Gasteiger partial charge is 0.231 e. The molecule has 2 fully saturated rings. The minimum absolute atomic E-state index is 0.281. The first kappa shape index (κ1) is 13.9. The number of rotatable bonds is 6. The predicted molar refractivity (Wildman–Crippen MR) is 84.5 cm³/mol. The van der Waals surface area contributed by atoms with Gasteiger partial charge in [-0.15, -0.1) is 0 Å². The number of benzene rings is 1. The van der Waals surface area contributed by atoms with Crippen molar-refractivity contribution in [2.75, 3.05) is 19.9 Å². The van der Waals surface area contributed by atoms with E-state index in [1.165, 1.54) is 37.8 Å². The zero-order chi connectivity index (χ0) is 14.4. The van der Waals surface area contributed by atoms with Gasteiger partial charge in [-0.25, -0.2) is 0 Å². The fraction of sp³-hybridized carbons (Fsp3) is 0.625. The summed E-state index contributed by atoms with van der Waals surface area (Å²) in [5, 5.41) is 0. The Balaban J connectivity index is 1.63. The van der Waals surface area contributed by atoms with Crippen molar-refractivity contribution in [2.24, 2.45) is 11.7 Å². The van der Waals surface area contributed by atoms with Crippen molar-refractivity contribution < 1.29 is 9.47 Å². The zero-order valence-corrected chi connectivity index (χ0v) is 13.6. The van der Waals surface area contributed by atoms with E-state index in [4.69, 9.17) is 15.2 Å². The van der Waals surface area contributed by atoms with Crippen LogP contribution < -0.4 is 15.2 Å². The molecule has 1 unspecified atom stereocenters. The Morgan fingerprint density at radius 1 is 1.24 bits per heavy atom. The van der Waals surface area contributed by atoms with Gasteiger partial charge in [-0.3, -0.25) is 4.90 Å². The van der Waals surface area contributed by atoms with E-state index in [-0.39, 0.29) is 6.04 Å². The maximum atomic E-state index is 6.13. The molecule has 5 heteroatoms. The summed E-state index contributed by atoms with van der Waals surface area (Å²) < 4.78 is 12.0. The van der Waals surface area contributed by atoms with Crippen LogP contribution >= 0.6 is 15.9 Å². The number of nitrogens with two attached hydrogens (primary N) is 1. The summed E-state index contributed by atoms with van der Waals surface area (Å²) in [5.74, 6) is 2.53. The van der Waals surface area contributed by atoms with Gasteiger partial charge in [0.2, 0.25) is 6.79 Å². The molecule has 3 aliphatic rings. The van der Waals surface area contributed by atoms with Crippen molar-refractivity contribution >= 4 is 15.9 Å². The van der Waals surface area contributed by atoms with Crippen molar-refractivity contribution in [3.63, 3.8) is 0 Å². The third-order valence-corrected chi connectivity index (χ3v) is 5.23. The molecule has 0 radical (unpaired) electrons. The third-order valence-electron chi connectivity index (χ3n) is 4.64. The van der Waals surface area contributed by atoms with Crippen molar-refractivity contribution in [3.8, 4) is 11.5 Å². The second kappa shape index (κ2) is 5.45. The van der Waals surface area contributed by atoms with Gasteiger partial charge in [-0.1, -0.05) is 0 Å². The normalized spacial score (nSPS) is 21.9. The first-order chi connectivity index (χ1) is 10.3. The summed E-state index contributed by atoms with van der Waals surface area (Å²) in [6.07, 6.45) is 5.39. The van der Waals surface area contributed by atoms with E-state index in [2.05, 4.69) is 33.0 Å². The molecule has 0 spiro atoms. The van der Waals surface area contributed by atoms with E-state index < -0.39 is 0 Å². The van der Waals surface area contributed by atoms with E-state index in [1.807, 2.05) is 0 Å². The number of fused-ring (bicyclic) bond motifs is 1. The lowest BCUT2D eigenvalue weighted by Crippen LogP contribution is -2.37. The number of nitrogens with zero attached hydrogens (tertiary/aromatic N) is 1. The van der Waals surface area contributed by atoms with Crippen LogP contribution in [0.3, 0.4) is 0 Å². The molecule has 4 rings (SSSR count). The summed E-state index contributed by atoms with van der Waals surface area (Å²) in [5.41, 5.74) is 7.37. The van der Waals surface area contributed by atoms with E-state index in [1.54, 1.807) is 0 Å². The summed E-state index contributed by atoms with van der Waals surface area (Å²) >= 11 is 3.60. The molecule has 4 nitrogen and oxygen atoms in total. The molecule has 0 saturated heterocycles. The van der Waals surface area contributed by atoms with Gasteiger partial charge in [0.05, 0.1) is 4.47 Å². The second-order valence-electron chi connectivity index (χ2n) is 6.36. The van der Waals surface area contributed by atoms with E-state index in [0.29, 0.717) is 13.3 Å². The molecule has 1 heterocycles. The summed E-state index contributed by atoms with van der Waals surface area (Å²) in [4.78, 5) is 2.63. The van der Waals surface area contributed by atoms with Gasteiger partial charge in [0.15, 0.2) is 11.5 Å². The van der Waals surface area contributed by atoms with Gasteiger partial charge in [-0.2, -0.15) is 0 Å². The highest BCUT2D eigenvalue weighted by molar-refractivity contribution is 9.10. The second-order valence-corrected chi connectivity index (χ2v) is 7.21. The molecular formula is C16H21BrN2O2. The standard InChI is InChI=1S/C16H21BrN2O2/c17-13-5-11(6-15-16(13)21-9-20-15)14(7-18)19(12-3-4-12)8-10-1-2-10/h5-6,10,12,14H,1-4,7-9,18H2. The summed E-state index contributed by atoms with van der Waals surface area (Å²) in [6, 6.07) is 5.26. The molecule has 1 atom stereocenters. The van der Waals surface area contributed by atoms with E-state index in [9.17, 15) is 0 Å². The molecule has 1 aliphatic heterocycles. The number of hydrogen-bond acceptors (Lipinski definition) is 4. The number of ether oxygens (including phenoxy) is 2. The average Bonchev–Trinajstić information content (AvgIpc) is 3.38. The third kappa shape index (κ3) is 2.79. The van der Waals surface area contributed by atoms with Gasteiger partial charge < -0.3 is 15.2 Å². The molecule has 0 aromatic heterocycles. The van der Waals surface area contributed by atoms with E-state index in [0.717, 1.165) is 27.9 Å². The molecule has 2 saturated carbocycles. The quantitative estimate of drug-likeness (QED) is 0.854. The van der Waals surface area contributed by atoms with Crippen LogP contribution in [0.1, 0.15) is 37.3 Å². The highest BCUT2D eigenvalue weighted by Crippen LogP contribution is 2.44. The van der Waals surface area contributed by atoms with Crippen LogP contribution in [0.15, 0.2) is 16.6 Å². The molecule has 1 aromatic rings. The number of hydrogen-bond donors (Lipinski definition) is 1. The molecule has 2 aliphatic carbocycles. The maximum Gasteiger partial charge on any atom is 0.231 e. The van der Waals surface area contributed by atoms with E-state index >= 15 is 0 Å². The molecule has 0 bridgehead atoms. The van der Waals surface area contributed by atoms with Gasteiger partial charge in [0, 0.05) is 25.2 Å². The van der Waals surface area contributed by atoms with Gasteiger partial charge in [0.1, 0.15) is 0 Å². The monoisotopic (exact) mass is 352 g/mol. The SMILES string of the molecule is NCC(c1cc(Br)c2c(c1)OCO2)N(CC1CC1)C1CC1. The topological polar surface area (TPSA) is 47.7 Å². The first-order valence-electron chi connectivity index (χ1n) is 7.81. The summed E-state index contributed by atoms with van der Waals surface area (Å²) in [6.45, 7) is 2.15. The molecule has 0 amide bonds. The molecule has 2 N–H and O–H groups in total. The van der Waals surface area contributed by atoms with Gasteiger partial charge in [-0.05, 0) is 65.2 Å². The van der Waals surface area contributed by atoms with Crippen molar-refractivity contribution in [1.82, 2.24) is 4.90 Å². The Bertz CT molecular complexity index is 543. The fourth-order valence-corrected chi connectivity index (χ4v) is 3.75. The lowest BCUT2D eigenvalue weighted by Gasteiger charge is -2.31. The zero-order valence-electron chi connectivity index (χ0n) is 12.1. The fourth-order valence-electron chi connectivity index (χ4n) is 3.18. The van der Waals surface area contributed by atoms with Crippen molar-refractivity contribution in [2.45, 2.75) is 37.8 Å². The van der Waals surface area contributed by atoms with Crippen LogP contribution in [0.4, 0.5) is 0 Å². The Hall–Kier alpha value is -0.780. The largest absolute Gasteiger partial charge is 0.454 e. The lowest BCUT2D eigenvalue weighted by molar-refractivity contribution is 0.172. The first-order valence-corrected chi connectivity index (χ1v) is 8.60. The Morgan fingerprint density at radius 3 is 2.71 bits per heavy atom. The van der Waals surface area contributed by atoms with Crippen LogP contribution in [-0.2, 0) is 0 Å². The molecule has 114 valence electrons. The van der Waals surface area contributed by atoms with Gasteiger partial charge >= 0.3 is 0 Å². The minimum atomic E-state index is 0.281. The van der Waals surface area contributed by atoms with Crippen molar-refractivity contribution in [3.05, 3.63) is 22.2 Å². The van der Waals surface area contributed by atoms with Gasteiger partial charge in [0.25, 0.3) is 0 Å². The molecule has 1 aromatic carbocycles. The minimum Gasteiger partial charge on any atom is -0.454 e. The lowest BCUT2D eigenvalue weighted by atomic mass is 10.0. The Kier molecular flexibility index (Phi) is 3.59. The van der Waals surface area contributed by atoms with Crippen LogP contribution in [0, 0.1) is 5.92 Å². The number of halogens is 1. The van der Waals surface area contributed by atoms with Crippen molar-refractivity contribution in [1.29, 1.82) is 0 Å². The van der Waals surface area contributed by atoms with Crippen LogP contribution in [0.5, 0.6) is 11.5 Å². The summed E-state index contributed by atoms with van der Waals surface area (Å²) in [7, 11) is 0. The Labute approximate surface area is 133 Å². The van der Waals surface area contributed by atoms with Crippen LogP contribution in [-0.4, -0.2) is 30.8 Å². The predicted octanol–water partition coefficient (Wildman–Crippen LogP) is 3.05. The molecular weight excluding hydrogens is 332 g/mol. The van der Waals surface area contributed by atoms with Crippen LogP contribution in [0.25, 0.3) is 0 Å². The Morgan fingerprint density at radius 2 is 2.05 bits per heavy atom.